The maximum atomic E-state index is 6.05. The van der Waals surface area contributed by atoms with E-state index in [0.717, 1.165) is 36.3 Å². The summed E-state index contributed by atoms with van der Waals surface area (Å²) in [5.74, 6) is 0.758. The second-order valence-electron chi connectivity index (χ2n) is 7.19. The van der Waals surface area contributed by atoms with Gasteiger partial charge in [-0.1, -0.05) is 35.6 Å². The third-order valence-corrected chi connectivity index (χ3v) is 5.83. The molecule has 1 saturated heterocycles. The van der Waals surface area contributed by atoms with Crippen LogP contribution in [0.2, 0.25) is 0 Å². The molecule has 0 amide bonds. The number of fused-ring (bicyclic) bond motifs is 1. The van der Waals surface area contributed by atoms with E-state index in [4.69, 9.17) is 9.72 Å². The van der Waals surface area contributed by atoms with Crippen molar-refractivity contribution in [1.82, 2.24) is 24.6 Å². The Morgan fingerprint density at radius 3 is 3.03 bits per heavy atom. The fraction of sp³-hybridized carbons (Fsp3) is 0.286. The number of aromatic nitrogens is 4. The second-order valence-corrected chi connectivity index (χ2v) is 8.03. The number of anilines is 2. The predicted molar refractivity (Wildman–Crippen MR) is 114 cm³/mol. The van der Waals surface area contributed by atoms with Crippen LogP contribution in [-0.2, 0) is 18.3 Å². The lowest BCUT2D eigenvalue weighted by Gasteiger charge is -2.32. The lowest BCUT2D eigenvalue weighted by atomic mass is 10.1. The Morgan fingerprint density at radius 1 is 1.21 bits per heavy atom. The van der Waals surface area contributed by atoms with Crippen LogP contribution in [0.3, 0.4) is 0 Å². The quantitative estimate of drug-likeness (QED) is 0.545. The minimum atomic E-state index is -0.0464. The number of nitrogens with one attached hydrogen (secondary N) is 1. The smallest absolute Gasteiger partial charge is 0.210 e. The molecule has 1 N–H and O–H groups in total. The first-order valence-corrected chi connectivity index (χ1v) is 10.5. The molecule has 29 heavy (non-hydrogen) atoms. The van der Waals surface area contributed by atoms with Crippen LogP contribution < -0.4 is 5.32 Å². The minimum absolute atomic E-state index is 0.0464. The number of ether oxygens (including phenoxy) is 1. The number of hydrogen-bond donors (Lipinski definition) is 1. The molecule has 0 unspecified atom stereocenters. The maximum Gasteiger partial charge on any atom is 0.210 e. The molecule has 8 heteroatoms. The molecule has 3 aromatic heterocycles. The molecule has 5 rings (SSSR count). The summed E-state index contributed by atoms with van der Waals surface area (Å²) in [5.41, 5.74) is 5.25. The molecule has 7 nitrogen and oxygen atoms in total. The van der Waals surface area contributed by atoms with E-state index in [9.17, 15) is 0 Å². The van der Waals surface area contributed by atoms with Gasteiger partial charge in [0.05, 0.1) is 12.3 Å². The summed E-state index contributed by atoms with van der Waals surface area (Å²) in [7, 11) is 2.11. The summed E-state index contributed by atoms with van der Waals surface area (Å²) in [6, 6.07) is 14.5. The molecule has 0 aliphatic carbocycles. The van der Waals surface area contributed by atoms with Gasteiger partial charge in [-0.05, 0) is 23.8 Å². The van der Waals surface area contributed by atoms with Crippen molar-refractivity contribution in [2.45, 2.75) is 12.6 Å². The van der Waals surface area contributed by atoms with Crippen molar-refractivity contribution in [3.05, 3.63) is 65.4 Å². The van der Waals surface area contributed by atoms with Crippen LogP contribution in [-0.4, -0.2) is 44.3 Å². The van der Waals surface area contributed by atoms with Crippen LogP contribution in [0.4, 0.5) is 10.9 Å². The third-order valence-electron chi connectivity index (χ3n) is 5.22. The van der Waals surface area contributed by atoms with Gasteiger partial charge in [0, 0.05) is 43.8 Å². The van der Waals surface area contributed by atoms with Gasteiger partial charge in [-0.3, -0.25) is 4.90 Å². The van der Waals surface area contributed by atoms with Crippen molar-refractivity contribution in [1.29, 1.82) is 0 Å². The number of rotatable bonds is 5. The summed E-state index contributed by atoms with van der Waals surface area (Å²) in [4.78, 5) is 7.19. The Kier molecular flexibility index (Phi) is 4.97. The van der Waals surface area contributed by atoms with Crippen LogP contribution >= 0.6 is 11.3 Å². The molecule has 148 valence electrons. The molecule has 1 aromatic carbocycles. The zero-order valence-corrected chi connectivity index (χ0v) is 17.0. The maximum absolute atomic E-state index is 6.05. The first-order chi connectivity index (χ1) is 14.3. The van der Waals surface area contributed by atoms with Gasteiger partial charge >= 0.3 is 0 Å². The van der Waals surface area contributed by atoms with Gasteiger partial charge in [0.1, 0.15) is 17.4 Å². The van der Waals surface area contributed by atoms with Crippen molar-refractivity contribution in [2.24, 2.45) is 7.05 Å². The van der Waals surface area contributed by atoms with Crippen LogP contribution in [0.25, 0.3) is 10.9 Å². The summed E-state index contributed by atoms with van der Waals surface area (Å²) < 4.78 is 8.25. The molecule has 0 saturated carbocycles. The highest BCUT2D eigenvalue weighted by molar-refractivity contribution is 7.13. The normalized spacial score (nSPS) is 17.6. The molecule has 4 aromatic rings. The van der Waals surface area contributed by atoms with E-state index >= 15 is 0 Å². The number of hydrogen-bond acceptors (Lipinski definition) is 7. The average molecular weight is 407 g/mol. The number of aryl methyl sites for hydroxylation is 1. The van der Waals surface area contributed by atoms with Gasteiger partial charge in [0.15, 0.2) is 0 Å². The molecule has 1 atom stereocenters. The standard InChI is InChI=1S/C21H22N6OS/c1-26-11-15(16-5-2-3-7-18(16)26)12-27-9-10-28-19(13-27)17-6-4-8-20(23-17)24-21-25-22-14-29-21/h2-8,11,14,19H,9-10,12-13H2,1H3,(H,23,24,25)/t19-/m0/s1. The minimum Gasteiger partial charge on any atom is -0.369 e. The zero-order valence-electron chi connectivity index (χ0n) is 16.2. The first-order valence-electron chi connectivity index (χ1n) is 9.63. The van der Waals surface area contributed by atoms with Crippen molar-refractivity contribution < 1.29 is 4.74 Å². The predicted octanol–water partition coefficient (Wildman–Crippen LogP) is 3.74. The fourth-order valence-corrected chi connectivity index (χ4v) is 4.31. The zero-order chi connectivity index (χ0) is 19.6. The molecular weight excluding hydrogens is 384 g/mol. The summed E-state index contributed by atoms with van der Waals surface area (Å²) in [5, 5.41) is 13.1. The molecular formula is C21H22N6OS. The highest BCUT2D eigenvalue weighted by Gasteiger charge is 2.24. The van der Waals surface area contributed by atoms with Crippen LogP contribution in [0.15, 0.2) is 54.2 Å². The molecule has 0 radical (unpaired) electrons. The molecule has 0 spiro atoms. The monoisotopic (exact) mass is 406 g/mol. The van der Waals surface area contributed by atoms with Crippen LogP contribution in [0.5, 0.6) is 0 Å². The fourth-order valence-electron chi connectivity index (χ4n) is 3.86. The lowest BCUT2D eigenvalue weighted by Crippen LogP contribution is -2.38. The largest absolute Gasteiger partial charge is 0.369 e. The van der Waals surface area contributed by atoms with E-state index in [-0.39, 0.29) is 6.10 Å². The van der Waals surface area contributed by atoms with Crippen LogP contribution in [0, 0.1) is 0 Å². The Bertz CT molecular complexity index is 1110. The van der Waals surface area contributed by atoms with E-state index < -0.39 is 0 Å². The van der Waals surface area contributed by atoms with Crippen molar-refractivity contribution in [2.75, 3.05) is 25.0 Å². The Labute approximate surface area is 173 Å². The molecule has 0 bridgehead atoms. The van der Waals surface area contributed by atoms with E-state index in [1.165, 1.54) is 27.8 Å². The van der Waals surface area contributed by atoms with Gasteiger partial charge in [-0.2, -0.15) is 0 Å². The Balaban J connectivity index is 1.32. The number of pyridine rings is 1. The van der Waals surface area contributed by atoms with Gasteiger partial charge in [-0.25, -0.2) is 4.98 Å². The Hall–Kier alpha value is -2.81. The molecule has 1 fully saturated rings. The summed E-state index contributed by atoms with van der Waals surface area (Å²) >= 11 is 1.45. The summed E-state index contributed by atoms with van der Waals surface area (Å²) in [6.07, 6.45) is 2.19. The highest BCUT2D eigenvalue weighted by Crippen LogP contribution is 2.26. The average Bonchev–Trinajstić information content (AvgIpc) is 3.37. The van der Waals surface area contributed by atoms with Gasteiger partial charge in [0.2, 0.25) is 5.13 Å². The van der Waals surface area contributed by atoms with E-state index in [1.807, 2.05) is 18.2 Å². The van der Waals surface area contributed by atoms with Crippen molar-refractivity contribution in [3.63, 3.8) is 0 Å². The molecule has 4 heterocycles. The Morgan fingerprint density at radius 2 is 2.14 bits per heavy atom. The third kappa shape index (κ3) is 3.87. The number of para-hydroxylation sites is 1. The number of nitrogens with zero attached hydrogens (tertiary/aromatic N) is 5. The molecule has 1 aliphatic rings. The van der Waals surface area contributed by atoms with E-state index in [0.29, 0.717) is 6.61 Å². The topological polar surface area (TPSA) is 68.1 Å². The first kappa shape index (κ1) is 18.2. The van der Waals surface area contributed by atoms with E-state index in [2.05, 4.69) is 62.5 Å². The lowest BCUT2D eigenvalue weighted by molar-refractivity contribution is -0.0348. The van der Waals surface area contributed by atoms with Crippen molar-refractivity contribution in [3.8, 4) is 0 Å². The second kappa shape index (κ2) is 7.90. The van der Waals surface area contributed by atoms with Gasteiger partial charge in [-0.15, -0.1) is 10.2 Å². The SMILES string of the molecule is Cn1cc(CN2CCO[C@H](c3cccc(Nc4nncs4)n3)C2)c2ccccc21. The van der Waals surface area contributed by atoms with Crippen LogP contribution in [0.1, 0.15) is 17.4 Å². The van der Waals surface area contributed by atoms with E-state index in [1.54, 1.807) is 5.51 Å². The molecule has 1 aliphatic heterocycles. The summed E-state index contributed by atoms with van der Waals surface area (Å²) in [6.45, 7) is 3.34. The van der Waals surface area contributed by atoms with Gasteiger partial charge < -0.3 is 14.6 Å². The number of benzene rings is 1. The highest BCUT2D eigenvalue weighted by atomic mass is 32.1. The van der Waals surface area contributed by atoms with Crippen molar-refractivity contribution >= 4 is 33.2 Å². The number of morpholine rings is 1. The van der Waals surface area contributed by atoms with Gasteiger partial charge in [0.25, 0.3) is 0 Å².